The van der Waals surface area contributed by atoms with Gasteiger partial charge in [-0.05, 0) is 20.8 Å². The summed E-state index contributed by atoms with van der Waals surface area (Å²) in [5.41, 5.74) is -0.0566. The maximum atomic E-state index is 11.9. The van der Waals surface area contributed by atoms with Gasteiger partial charge >= 0.3 is 12.1 Å². The Hall–Kier alpha value is -2.98. The molecule has 0 fully saturated rings. The summed E-state index contributed by atoms with van der Waals surface area (Å²) in [6.07, 6.45) is -0.271. The van der Waals surface area contributed by atoms with Gasteiger partial charge in [-0.3, -0.25) is 0 Å². The summed E-state index contributed by atoms with van der Waals surface area (Å²) in [5.74, 6) is 0.122. The molecule has 0 unspecified atom stereocenters. The Balaban J connectivity index is 2.09. The van der Waals surface area contributed by atoms with Gasteiger partial charge < -0.3 is 19.2 Å². The average Bonchev–Trinajstić information content (AvgIpc) is 3.12. The zero-order valence-electron chi connectivity index (χ0n) is 15.4. The number of nitrogens with one attached hydrogen (secondary N) is 1. The third kappa shape index (κ3) is 5.26. The molecule has 1 N–H and O–H groups in total. The number of alkyl carbamates (subject to hydrolysis) is 1. The van der Waals surface area contributed by atoms with E-state index in [1.807, 2.05) is 0 Å². The number of esters is 1. The number of aromatic nitrogens is 5. The Labute approximate surface area is 150 Å². The van der Waals surface area contributed by atoms with Crippen molar-refractivity contribution >= 4 is 12.1 Å². The number of aryl methyl sites for hydroxylation is 1. The second kappa shape index (κ2) is 7.93. The van der Waals surface area contributed by atoms with Crippen LogP contribution in [0.5, 0.6) is 0 Å². The Kier molecular flexibility index (Phi) is 5.90. The van der Waals surface area contributed by atoms with Gasteiger partial charge in [0.1, 0.15) is 12.1 Å². The molecule has 11 heteroatoms. The van der Waals surface area contributed by atoms with E-state index in [4.69, 9.17) is 13.9 Å². The Morgan fingerprint density at radius 3 is 2.54 bits per heavy atom. The molecule has 0 aliphatic rings. The molecule has 142 valence electrons. The number of hydrogen-bond acceptors (Lipinski definition) is 9. The molecular formula is C15H22N6O5. The molecule has 2 rings (SSSR count). The predicted octanol–water partition coefficient (Wildman–Crippen LogP) is 0.872. The third-order valence-corrected chi connectivity index (χ3v) is 3.10. The fourth-order valence-electron chi connectivity index (χ4n) is 2.09. The zero-order valence-corrected chi connectivity index (χ0v) is 15.4. The minimum absolute atomic E-state index is 0.0646. The summed E-state index contributed by atoms with van der Waals surface area (Å²) in [6, 6.07) is 0. The molecule has 0 spiro atoms. The molecular weight excluding hydrogens is 344 g/mol. The van der Waals surface area contributed by atoms with Gasteiger partial charge in [0.2, 0.25) is 11.8 Å². The highest BCUT2D eigenvalue weighted by Crippen LogP contribution is 2.11. The van der Waals surface area contributed by atoms with Gasteiger partial charge in [0.25, 0.3) is 0 Å². The topological polar surface area (TPSA) is 134 Å². The van der Waals surface area contributed by atoms with Gasteiger partial charge in [-0.2, -0.15) is 0 Å². The van der Waals surface area contributed by atoms with Crippen LogP contribution < -0.4 is 5.32 Å². The van der Waals surface area contributed by atoms with Crippen LogP contribution in [0.4, 0.5) is 4.79 Å². The van der Waals surface area contributed by atoms with Gasteiger partial charge in [-0.25, -0.2) is 14.3 Å². The largest absolute Gasteiger partial charge is 0.464 e. The summed E-state index contributed by atoms with van der Waals surface area (Å²) in [6.45, 7) is 7.35. The molecule has 11 nitrogen and oxygen atoms in total. The highest BCUT2D eigenvalue weighted by atomic mass is 16.6. The molecule has 1 amide bonds. The number of hydrogen-bond donors (Lipinski definition) is 1. The van der Waals surface area contributed by atoms with Gasteiger partial charge in [0, 0.05) is 19.9 Å². The van der Waals surface area contributed by atoms with Crippen LogP contribution in [0, 0.1) is 6.92 Å². The molecule has 2 aromatic rings. The van der Waals surface area contributed by atoms with Crippen molar-refractivity contribution in [2.75, 3.05) is 13.7 Å². The number of carbonyl (C=O) groups is 2. The number of nitrogens with zero attached hydrogens (tertiary/aromatic N) is 5. The standard InChI is InChI=1S/C15H22N6O5/c1-9-17-18-11(25-9)8-21-10(12(19-20-21)13(22)24-5)6-7-16-14(23)26-15(2,3)4/h6-8H2,1-5H3,(H,16,23). The van der Waals surface area contributed by atoms with E-state index in [0.717, 1.165) is 0 Å². The molecule has 0 atom stereocenters. The van der Waals surface area contributed by atoms with E-state index < -0.39 is 17.7 Å². The lowest BCUT2D eigenvalue weighted by molar-refractivity contribution is 0.0528. The van der Waals surface area contributed by atoms with Crippen molar-refractivity contribution in [3.05, 3.63) is 23.2 Å². The smallest absolute Gasteiger partial charge is 0.407 e. The van der Waals surface area contributed by atoms with Crippen molar-refractivity contribution in [3.63, 3.8) is 0 Å². The molecule has 0 bridgehead atoms. The second-order valence-electron chi connectivity index (χ2n) is 6.43. The quantitative estimate of drug-likeness (QED) is 0.739. The van der Waals surface area contributed by atoms with Crippen molar-refractivity contribution < 1.29 is 23.5 Å². The first-order valence-electron chi connectivity index (χ1n) is 7.96. The lowest BCUT2D eigenvalue weighted by Gasteiger charge is -2.19. The van der Waals surface area contributed by atoms with Gasteiger partial charge in [-0.15, -0.1) is 15.3 Å². The van der Waals surface area contributed by atoms with E-state index in [1.54, 1.807) is 27.7 Å². The number of ether oxygens (including phenoxy) is 2. The fraction of sp³-hybridized carbons (Fsp3) is 0.600. The summed E-state index contributed by atoms with van der Waals surface area (Å²) in [7, 11) is 1.26. The van der Waals surface area contributed by atoms with Crippen LogP contribution in [0.1, 0.15) is 48.7 Å². The summed E-state index contributed by atoms with van der Waals surface area (Å²) in [5, 5.41) is 18.1. The first-order chi connectivity index (χ1) is 12.2. The first kappa shape index (κ1) is 19.3. The Morgan fingerprint density at radius 2 is 1.96 bits per heavy atom. The van der Waals surface area contributed by atoms with Crippen LogP contribution in [-0.4, -0.2) is 56.5 Å². The lowest BCUT2D eigenvalue weighted by Crippen LogP contribution is -2.34. The van der Waals surface area contributed by atoms with E-state index in [-0.39, 0.29) is 25.2 Å². The molecule has 26 heavy (non-hydrogen) atoms. The van der Waals surface area contributed by atoms with Gasteiger partial charge in [-0.1, -0.05) is 5.21 Å². The van der Waals surface area contributed by atoms with Crippen molar-refractivity contribution in [1.82, 2.24) is 30.5 Å². The summed E-state index contributed by atoms with van der Waals surface area (Å²) < 4.78 is 16.7. The minimum Gasteiger partial charge on any atom is -0.464 e. The monoisotopic (exact) mass is 366 g/mol. The molecule has 0 saturated carbocycles. The number of methoxy groups -OCH3 is 1. The number of amides is 1. The maximum Gasteiger partial charge on any atom is 0.407 e. The third-order valence-electron chi connectivity index (χ3n) is 3.10. The van der Waals surface area contributed by atoms with Crippen LogP contribution in [0.2, 0.25) is 0 Å². The highest BCUT2D eigenvalue weighted by molar-refractivity contribution is 5.88. The van der Waals surface area contributed by atoms with Crippen molar-refractivity contribution in [3.8, 4) is 0 Å². The van der Waals surface area contributed by atoms with Crippen molar-refractivity contribution in [1.29, 1.82) is 0 Å². The molecule has 0 aliphatic carbocycles. The highest BCUT2D eigenvalue weighted by Gasteiger charge is 2.22. The minimum atomic E-state index is -0.620. The molecule has 0 saturated heterocycles. The molecule has 0 aromatic carbocycles. The summed E-state index contributed by atoms with van der Waals surface area (Å²) in [4.78, 5) is 23.6. The van der Waals surface area contributed by atoms with Crippen LogP contribution in [0.25, 0.3) is 0 Å². The van der Waals surface area contributed by atoms with Crippen LogP contribution in [0.3, 0.4) is 0 Å². The van der Waals surface area contributed by atoms with Crippen LogP contribution >= 0.6 is 0 Å². The fourth-order valence-corrected chi connectivity index (χ4v) is 2.09. The van der Waals surface area contributed by atoms with E-state index >= 15 is 0 Å². The van der Waals surface area contributed by atoms with E-state index in [0.29, 0.717) is 17.5 Å². The SMILES string of the molecule is COC(=O)c1nnn(Cc2nnc(C)o2)c1CCNC(=O)OC(C)(C)C. The summed E-state index contributed by atoms with van der Waals surface area (Å²) >= 11 is 0. The average molecular weight is 366 g/mol. The van der Waals surface area contributed by atoms with Crippen molar-refractivity contribution in [2.45, 2.75) is 46.3 Å². The molecule has 2 aromatic heterocycles. The normalized spacial score (nSPS) is 11.3. The molecule has 2 heterocycles. The van der Waals surface area contributed by atoms with Crippen LogP contribution in [0.15, 0.2) is 4.42 Å². The van der Waals surface area contributed by atoms with Gasteiger partial charge in [0.05, 0.1) is 12.8 Å². The van der Waals surface area contributed by atoms with E-state index in [9.17, 15) is 9.59 Å². The first-order valence-corrected chi connectivity index (χ1v) is 7.96. The Bertz CT molecular complexity index is 776. The number of rotatable bonds is 6. The zero-order chi connectivity index (χ0) is 19.3. The van der Waals surface area contributed by atoms with Gasteiger partial charge in [0.15, 0.2) is 5.69 Å². The predicted molar refractivity (Wildman–Crippen MR) is 87.4 cm³/mol. The van der Waals surface area contributed by atoms with Crippen molar-refractivity contribution in [2.24, 2.45) is 0 Å². The Morgan fingerprint density at radius 1 is 1.23 bits per heavy atom. The molecule has 0 aliphatic heterocycles. The van der Waals surface area contributed by atoms with E-state index in [2.05, 4.69) is 25.8 Å². The lowest BCUT2D eigenvalue weighted by atomic mass is 10.2. The second-order valence-corrected chi connectivity index (χ2v) is 6.43. The number of carbonyl (C=O) groups excluding carboxylic acids is 2. The van der Waals surface area contributed by atoms with Crippen LogP contribution in [-0.2, 0) is 22.4 Å². The molecule has 0 radical (unpaired) electrons. The van der Waals surface area contributed by atoms with E-state index in [1.165, 1.54) is 11.8 Å². The maximum absolute atomic E-state index is 11.9.